The molecule has 0 aliphatic rings. The van der Waals surface area contributed by atoms with E-state index in [0.717, 1.165) is 17.8 Å². The van der Waals surface area contributed by atoms with Crippen LogP contribution in [0.15, 0.2) is 24.3 Å². The van der Waals surface area contributed by atoms with Crippen LogP contribution in [0.1, 0.15) is 23.9 Å². The zero-order valence-corrected chi connectivity index (χ0v) is 12.5. The SMILES string of the molecule is CCc1cc(CC(N)Cc2c(F)cccc2Cl)n(C)n1. The zero-order valence-electron chi connectivity index (χ0n) is 11.7. The number of aryl methyl sites for hydroxylation is 2. The first-order chi connectivity index (χ1) is 9.51. The third-order valence-electron chi connectivity index (χ3n) is 3.39. The van der Waals surface area contributed by atoms with Crippen molar-refractivity contribution in [3.05, 3.63) is 52.1 Å². The average molecular weight is 296 g/mol. The van der Waals surface area contributed by atoms with Gasteiger partial charge >= 0.3 is 0 Å². The van der Waals surface area contributed by atoms with Crippen LogP contribution in [0, 0.1) is 5.82 Å². The fourth-order valence-corrected chi connectivity index (χ4v) is 2.51. The standard InChI is InChI=1S/C15H19ClFN3/c1-3-11-9-12(20(2)19-11)7-10(18)8-13-14(16)5-4-6-15(13)17/h4-6,9-10H,3,7-8,18H2,1-2H3. The van der Waals surface area contributed by atoms with Gasteiger partial charge in [-0.2, -0.15) is 5.10 Å². The van der Waals surface area contributed by atoms with Gasteiger partial charge in [0, 0.05) is 35.8 Å². The minimum absolute atomic E-state index is 0.190. The van der Waals surface area contributed by atoms with Crippen LogP contribution in [0.3, 0.4) is 0 Å². The highest BCUT2D eigenvalue weighted by molar-refractivity contribution is 6.31. The topological polar surface area (TPSA) is 43.8 Å². The summed E-state index contributed by atoms with van der Waals surface area (Å²) in [4.78, 5) is 0. The highest BCUT2D eigenvalue weighted by Gasteiger charge is 2.14. The van der Waals surface area contributed by atoms with E-state index in [1.807, 2.05) is 17.8 Å². The first-order valence-electron chi connectivity index (χ1n) is 6.71. The third kappa shape index (κ3) is 3.38. The maximum absolute atomic E-state index is 13.7. The zero-order chi connectivity index (χ0) is 14.7. The van der Waals surface area contributed by atoms with Gasteiger partial charge in [-0.25, -0.2) is 4.39 Å². The number of hydrogen-bond acceptors (Lipinski definition) is 2. The Balaban J connectivity index is 2.09. The van der Waals surface area contributed by atoms with E-state index in [4.69, 9.17) is 17.3 Å². The number of hydrogen-bond donors (Lipinski definition) is 1. The van der Waals surface area contributed by atoms with Gasteiger partial charge in [0.05, 0.1) is 5.69 Å². The second kappa shape index (κ2) is 6.37. The number of nitrogens with zero attached hydrogens (tertiary/aromatic N) is 2. The molecule has 2 N–H and O–H groups in total. The molecule has 1 heterocycles. The molecule has 1 aromatic carbocycles. The molecule has 0 saturated heterocycles. The fourth-order valence-electron chi connectivity index (χ4n) is 2.27. The van der Waals surface area contributed by atoms with Gasteiger partial charge in [0.1, 0.15) is 5.82 Å². The van der Waals surface area contributed by atoms with Gasteiger partial charge in [-0.05, 0) is 31.0 Å². The monoisotopic (exact) mass is 295 g/mol. The van der Waals surface area contributed by atoms with Gasteiger partial charge in [0.2, 0.25) is 0 Å². The van der Waals surface area contributed by atoms with Crippen molar-refractivity contribution in [2.45, 2.75) is 32.2 Å². The van der Waals surface area contributed by atoms with Crippen molar-refractivity contribution < 1.29 is 4.39 Å². The second-order valence-corrected chi connectivity index (χ2v) is 5.38. The third-order valence-corrected chi connectivity index (χ3v) is 3.74. The molecule has 20 heavy (non-hydrogen) atoms. The Morgan fingerprint density at radius 3 is 2.75 bits per heavy atom. The molecule has 0 spiro atoms. The van der Waals surface area contributed by atoms with E-state index < -0.39 is 0 Å². The number of aromatic nitrogens is 2. The van der Waals surface area contributed by atoms with E-state index in [1.165, 1.54) is 6.07 Å². The molecular weight excluding hydrogens is 277 g/mol. The van der Waals surface area contributed by atoms with E-state index in [9.17, 15) is 4.39 Å². The van der Waals surface area contributed by atoms with Crippen LogP contribution in [0.25, 0.3) is 0 Å². The molecule has 1 atom stereocenters. The molecule has 0 bridgehead atoms. The largest absolute Gasteiger partial charge is 0.327 e. The van der Waals surface area contributed by atoms with Crippen molar-refractivity contribution in [1.29, 1.82) is 0 Å². The Morgan fingerprint density at radius 1 is 1.40 bits per heavy atom. The molecule has 1 unspecified atom stereocenters. The maximum atomic E-state index is 13.7. The van der Waals surface area contributed by atoms with Crippen molar-refractivity contribution in [2.24, 2.45) is 12.8 Å². The van der Waals surface area contributed by atoms with Gasteiger partial charge in [-0.1, -0.05) is 24.6 Å². The molecule has 0 radical (unpaired) electrons. The van der Waals surface area contributed by atoms with Gasteiger partial charge in [0.15, 0.2) is 0 Å². The van der Waals surface area contributed by atoms with E-state index in [2.05, 4.69) is 12.0 Å². The van der Waals surface area contributed by atoms with Crippen LogP contribution in [0.2, 0.25) is 5.02 Å². The number of benzene rings is 1. The van der Waals surface area contributed by atoms with Gasteiger partial charge < -0.3 is 5.73 Å². The van der Waals surface area contributed by atoms with Crippen LogP contribution in [-0.4, -0.2) is 15.8 Å². The highest BCUT2D eigenvalue weighted by atomic mass is 35.5. The minimum Gasteiger partial charge on any atom is -0.327 e. The predicted octanol–water partition coefficient (Wildman–Crippen LogP) is 2.89. The normalized spacial score (nSPS) is 12.7. The Bertz CT molecular complexity index is 575. The molecule has 1 aromatic heterocycles. The summed E-state index contributed by atoms with van der Waals surface area (Å²) in [5.74, 6) is -0.299. The molecule has 0 aliphatic carbocycles. The lowest BCUT2D eigenvalue weighted by Gasteiger charge is -2.13. The summed E-state index contributed by atoms with van der Waals surface area (Å²) < 4.78 is 15.6. The molecule has 0 fully saturated rings. The Hall–Kier alpha value is -1.39. The fraction of sp³-hybridized carbons (Fsp3) is 0.400. The van der Waals surface area contributed by atoms with Crippen LogP contribution >= 0.6 is 11.6 Å². The molecule has 5 heteroatoms. The van der Waals surface area contributed by atoms with Crippen LogP contribution in [0.4, 0.5) is 4.39 Å². The smallest absolute Gasteiger partial charge is 0.127 e. The van der Waals surface area contributed by atoms with Crippen LogP contribution < -0.4 is 5.73 Å². The molecule has 0 amide bonds. The average Bonchev–Trinajstić information content (AvgIpc) is 2.75. The Morgan fingerprint density at radius 2 is 2.15 bits per heavy atom. The summed E-state index contributed by atoms with van der Waals surface area (Å²) in [6.45, 7) is 2.06. The van der Waals surface area contributed by atoms with E-state index in [0.29, 0.717) is 23.4 Å². The number of rotatable bonds is 5. The minimum atomic E-state index is -0.299. The van der Waals surface area contributed by atoms with Crippen molar-refractivity contribution in [2.75, 3.05) is 0 Å². The number of nitrogens with two attached hydrogens (primary N) is 1. The summed E-state index contributed by atoms with van der Waals surface area (Å²) in [6.07, 6.45) is 1.95. The molecule has 0 saturated carbocycles. The van der Waals surface area contributed by atoms with Gasteiger partial charge in [-0.15, -0.1) is 0 Å². The van der Waals surface area contributed by atoms with E-state index in [-0.39, 0.29) is 11.9 Å². The summed E-state index contributed by atoms with van der Waals surface area (Å²) in [7, 11) is 1.90. The highest BCUT2D eigenvalue weighted by Crippen LogP contribution is 2.21. The van der Waals surface area contributed by atoms with E-state index in [1.54, 1.807) is 12.1 Å². The molecule has 3 nitrogen and oxygen atoms in total. The van der Waals surface area contributed by atoms with Gasteiger partial charge in [0.25, 0.3) is 0 Å². The number of halogens is 2. The lowest BCUT2D eigenvalue weighted by Crippen LogP contribution is -2.27. The molecule has 0 aliphatic heterocycles. The predicted molar refractivity (Wildman–Crippen MR) is 79.4 cm³/mol. The second-order valence-electron chi connectivity index (χ2n) is 4.97. The quantitative estimate of drug-likeness (QED) is 0.922. The van der Waals surface area contributed by atoms with Crippen LogP contribution in [-0.2, 0) is 26.3 Å². The molecule has 108 valence electrons. The summed E-state index contributed by atoms with van der Waals surface area (Å²) in [5.41, 5.74) is 8.71. The summed E-state index contributed by atoms with van der Waals surface area (Å²) >= 11 is 6.02. The Kier molecular flexibility index (Phi) is 4.78. The van der Waals surface area contributed by atoms with E-state index >= 15 is 0 Å². The van der Waals surface area contributed by atoms with Gasteiger partial charge in [-0.3, -0.25) is 4.68 Å². The van der Waals surface area contributed by atoms with Crippen molar-refractivity contribution >= 4 is 11.6 Å². The first-order valence-corrected chi connectivity index (χ1v) is 7.09. The van der Waals surface area contributed by atoms with Crippen LogP contribution in [0.5, 0.6) is 0 Å². The summed E-state index contributed by atoms with van der Waals surface area (Å²) in [6, 6.07) is 6.55. The van der Waals surface area contributed by atoms with Crippen molar-refractivity contribution in [3.63, 3.8) is 0 Å². The Labute approximate surface area is 123 Å². The molecule has 2 aromatic rings. The van der Waals surface area contributed by atoms with Crippen molar-refractivity contribution in [3.8, 4) is 0 Å². The first kappa shape index (κ1) is 15.0. The molecule has 2 rings (SSSR count). The molecular formula is C15H19ClFN3. The summed E-state index contributed by atoms with van der Waals surface area (Å²) in [5, 5.41) is 4.82. The lowest BCUT2D eigenvalue weighted by atomic mass is 10.0. The van der Waals surface area contributed by atoms with Crippen molar-refractivity contribution in [1.82, 2.24) is 9.78 Å². The lowest BCUT2D eigenvalue weighted by molar-refractivity contribution is 0.571. The maximum Gasteiger partial charge on any atom is 0.127 e.